The van der Waals surface area contributed by atoms with Crippen LogP contribution >= 0.6 is 0 Å². The standard InChI is InChI=1S/C27H30O3SeSi/c1-27(2,3)32(21-15-9-5-10-16-21,22-17-11-6-12-18-22)26(29)23-19-24(25(28)30-23)31-20-13-7-4-8-14-20/h4-18,23-24,26,29H,19H2,1-3H3/t23-,24+,26?/m1/s1. The number of carbonyl (C=O) groups is 1. The van der Waals surface area contributed by atoms with Crippen LogP contribution in [0.5, 0.6) is 0 Å². The summed E-state index contributed by atoms with van der Waals surface area (Å²) in [6, 6.07) is 30.9. The number of hydrogen-bond donors (Lipinski definition) is 1. The average Bonchev–Trinajstić information content (AvgIpc) is 3.15. The van der Waals surface area contributed by atoms with Gasteiger partial charge < -0.3 is 0 Å². The Morgan fingerprint density at radius 1 is 0.875 bits per heavy atom. The summed E-state index contributed by atoms with van der Waals surface area (Å²) >= 11 is -0.0156. The van der Waals surface area contributed by atoms with E-state index in [1.807, 2.05) is 54.6 Å². The first kappa shape index (κ1) is 23.0. The first-order chi connectivity index (χ1) is 15.3. The van der Waals surface area contributed by atoms with Crippen LogP contribution in [0.15, 0.2) is 91.0 Å². The molecule has 0 radical (unpaired) electrons. The first-order valence-electron chi connectivity index (χ1n) is 11.1. The predicted octanol–water partition coefficient (Wildman–Crippen LogP) is 3.08. The van der Waals surface area contributed by atoms with Gasteiger partial charge in [-0.05, 0) is 0 Å². The fourth-order valence-electron chi connectivity index (χ4n) is 5.03. The van der Waals surface area contributed by atoms with Gasteiger partial charge in [0, 0.05) is 0 Å². The second kappa shape index (κ2) is 9.36. The molecule has 1 fully saturated rings. The summed E-state index contributed by atoms with van der Waals surface area (Å²) < 4.78 is 7.10. The number of carbonyl (C=O) groups excluding carboxylic acids is 1. The van der Waals surface area contributed by atoms with Gasteiger partial charge in [0.15, 0.2) is 0 Å². The zero-order chi connectivity index (χ0) is 22.8. The van der Waals surface area contributed by atoms with Crippen LogP contribution in [0.1, 0.15) is 27.2 Å². The molecule has 0 saturated carbocycles. The molecule has 4 rings (SSSR count). The van der Waals surface area contributed by atoms with Gasteiger partial charge in [0.25, 0.3) is 0 Å². The van der Waals surface area contributed by atoms with Crippen molar-refractivity contribution in [3.05, 3.63) is 91.0 Å². The van der Waals surface area contributed by atoms with Crippen molar-refractivity contribution >= 4 is 43.8 Å². The Labute approximate surface area is 198 Å². The van der Waals surface area contributed by atoms with Crippen molar-refractivity contribution in [3.63, 3.8) is 0 Å². The van der Waals surface area contributed by atoms with Gasteiger partial charge in [-0.2, -0.15) is 0 Å². The van der Waals surface area contributed by atoms with Crippen LogP contribution in [0.4, 0.5) is 0 Å². The topological polar surface area (TPSA) is 46.5 Å². The maximum absolute atomic E-state index is 12.8. The van der Waals surface area contributed by atoms with Crippen molar-refractivity contribution in [2.45, 2.75) is 48.9 Å². The second-order valence-electron chi connectivity index (χ2n) is 9.37. The number of benzene rings is 3. The second-order valence-corrected chi connectivity index (χ2v) is 16.9. The third kappa shape index (κ3) is 4.23. The molecule has 1 aliphatic rings. The molecule has 5 heteroatoms. The molecule has 3 nitrogen and oxygen atoms in total. The van der Waals surface area contributed by atoms with Crippen molar-refractivity contribution in [2.24, 2.45) is 0 Å². The van der Waals surface area contributed by atoms with E-state index in [2.05, 4.69) is 57.2 Å². The fourth-order valence-corrected chi connectivity index (χ4v) is 13.1. The van der Waals surface area contributed by atoms with Gasteiger partial charge in [-0.15, -0.1) is 0 Å². The molecule has 3 atom stereocenters. The van der Waals surface area contributed by atoms with Crippen molar-refractivity contribution in [1.82, 2.24) is 0 Å². The van der Waals surface area contributed by atoms with Gasteiger partial charge in [0.2, 0.25) is 0 Å². The zero-order valence-corrected chi connectivity index (χ0v) is 21.5. The maximum atomic E-state index is 12.8. The number of aliphatic hydroxyl groups excluding tert-OH is 1. The third-order valence-corrected chi connectivity index (χ3v) is 15.1. The molecule has 1 saturated heterocycles. The zero-order valence-electron chi connectivity index (χ0n) is 18.8. The van der Waals surface area contributed by atoms with E-state index in [1.54, 1.807) is 0 Å². The molecule has 1 heterocycles. The van der Waals surface area contributed by atoms with Crippen LogP contribution in [0.2, 0.25) is 9.85 Å². The molecule has 0 aromatic heterocycles. The van der Waals surface area contributed by atoms with Crippen molar-refractivity contribution < 1.29 is 14.6 Å². The minimum absolute atomic E-state index is 0.0156. The van der Waals surface area contributed by atoms with E-state index in [9.17, 15) is 9.90 Å². The van der Waals surface area contributed by atoms with Gasteiger partial charge in [-0.3, -0.25) is 0 Å². The number of cyclic esters (lactones) is 1. The molecule has 3 aromatic rings. The van der Waals surface area contributed by atoms with E-state index >= 15 is 0 Å². The quantitative estimate of drug-likeness (QED) is 0.411. The van der Waals surface area contributed by atoms with Crippen LogP contribution in [0.3, 0.4) is 0 Å². The first-order valence-corrected chi connectivity index (χ1v) is 15.0. The minimum atomic E-state index is -2.78. The number of rotatable bonds is 6. The summed E-state index contributed by atoms with van der Waals surface area (Å²) in [5, 5.41) is 14.2. The Morgan fingerprint density at radius 3 is 1.81 bits per heavy atom. The van der Waals surface area contributed by atoms with Gasteiger partial charge in [-0.1, -0.05) is 0 Å². The fraction of sp³-hybridized carbons (Fsp3) is 0.296. The van der Waals surface area contributed by atoms with Crippen LogP contribution in [-0.2, 0) is 9.53 Å². The SMILES string of the molecule is CC(C)(C)[Si](c1ccccc1)(c1ccccc1)C(O)[C@H]1C[C@H]([Se]c2ccccc2)C(=O)O1. The molecule has 1 unspecified atom stereocenters. The van der Waals surface area contributed by atoms with E-state index in [0.29, 0.717) is 6.42 Å². The molecule has 166 valence electrons. The number of hydrogen-bond acceptors (Lipinski definition) is 3. The number of ether oxygens (including phenoxy) is 1. The predicted molar refractivity (Wildman–Crippen MR) is 134 cm³/mol. The van der Waals surface area contributed by atoms with Crippen LogP contribution in [0, 0.1) is 0 Å². The molecule has 3 aromatic carbocycles. The summed E-state index contributed by atoms with van der Waals surface area (Å²) in [5.41, 5.74) is -0.743. The Hall–Kier alpha value is -2.17. The molecule has 1 aliphatic heterocycles. The molecular formula is C27H30O3SeSi. The number of esters is 1. The van der Waals surface area contributed by atoms with E-state index in [0.717, 1.165) is 0 Å². The van der Waals surface area contributed by atoms with E-state index in [1.165, 1.54) is 14.8 Å². The van der Waals surface area contributed by atoms with Gasteiger partial charge in [-0.25, -0.2) is 0 Å². The van der Waals surface area contributed by atoms with E-state index in [4.69, 9.17) is 4.74 Å². The molecule has 0 bridgehead atoms. The van der Waals surface area contributed by atoms with Crippen LogP contribution < -0.4 is 14.8 Å². The van der Waals surface area contributed by atoms with Crippen molar-refractivity contribution in [2.75, 3.05) is 0 Å². The van der Waals surface area contributed by atoms with Gasteiger partial charge in [0.1, 0.15) is 0 Å². The van der Waals surface area contributed by atoms with Gasteiger partial charge in [0.05, 0.1) is 0 Å². The Bertz CT molecular complexity index is 995. The molecular weight excluding hydrogens is 479 g/mol. The molecule has 0 spiro atoms. The molecule has 32 heavy (non-hydrogen) atoms. The van der Waals surface area contributed by atoms with Crippen molar-refractivity contribution in [3.8, 4) is 0 Å². The van der Waals surface area contributed by atoms with E-state index in [-0.39, 0.29) is 30.8 Å². The summed E-state index contributed by atoms with van der Waals surface area (Å²) in [7, 11) is -2.78. The number of aliphatic hydroxyl groups is 1. The van der Waals surface area contributed by atoms with Crippen LogP contribution in [-0.4, -0.2) is 45.9 Å². The Kier molecular flexibility index (Phi) is 6.73. The summed E-state index contributed by atoms with van der Waals surface area (Å²) in [5.74, 6) is -0.171. The Morgan fingerprint density at radius 2 is 1.34 bits per heavy atom. The monoisotopic (exact) mass is 510 g/mol. The third-order valence-electron chi connectivity index (χ3n) is 6.44. The van der Waals surface area contributed by atoms with Crippen LogP contribution in [0.25, 0.3) is 0 Å². The van der Waals surface area contributed by atoms with E-state index < -0.39 is 19.9 Å². The normalized spacial score (nSPS) is 20.1. The average molecular weight is 510 g/mol. The van der Waals surface area contributed by atoms with Gasteiger partial charge >= 0.3 is 198 Å². The van der Waals surface area contributed by atoms with Crippen molar-refractivity contribution in [1.29, 1.82) is 0 Å². The summed E-state index contributed by atoms with van der Waals surface area (Å²) in [6.07, 6.45) is 0.0729. The summed E-state index contributed by atoms with van der Waals surface area (Å²) in [6.45, 7) is 6.64. The molecule has 1 N–H and O–H groups in total. The molecule has 0 aliphatic carbocycles. The summed E-state index contributed by atoms with van der Waals surface area (Å²) in [4.78, 5) is 12.7. The molecule has 0 amide bonds. The Balaban J connectivity index is 1.74.